The maximum Gasteiger partial charge on any atom is 0.139 e. The number of hydrogen-bond donors (Lipinski definition) is 0. The monoisotopic (exact) mass is 642 g/mol. The standard InChI is InChI=1S/C46H26O2S/c1-2-13-27(14-3-1)37-25-35-38(48-37)26-39-45(32-19-8-10-22-36(32)47-39)46(35)44-30-17-6-4-15-28(30)42(29-16-5-7-18-31(29)44)34-21-12-24-41-43(34)33-20-9-11-23-40(33)49-41/h1-26H. The van der Waals surface area contributed by atoms with Crippen molar-refractivity contribution in [3.05, 3.63) is 158 Å². The molecule has 0 radical (unpaired) electrons. The van der Waals surface area contributed by atoms with Crippen molar-refractivity contribution in [1.82, 2.24) is 0 Å². The van der Waals surface area contributed by atoms with Gasteiger partial charge in [-0.05, 0) is 62.5 Å². The van der Waals surface area contributed by atoms with Crippen LogP contribution in [0, 0.1) is 0 Å². The van der Waals surface area contributed by atoms with Gasteiger partial charge in [-0.1, -0.05) is 127 Å². The minimum atomic E-state index is 0.812. The van der Waals surface area contributed by atoms with Gasteiger partial charge in [0, 0.05) is 53.5 Å². The lowest BCUT2D eigenvalue weighted by molar-refractivity contribution is 0.628. The molecule has 3 aromatic heterocycles. The molecule has 0 bridgehead atoms. The topological polar surface area (TPSA) is 26.3 Å². The van der Waals surface area contributed by atoms with Crippen LogP contribution in [-0.2, 0) is 0 Å². The fraction of sp³-hybridized carbons (Fsp3) is 0. The summed E-state index contributed by atoms with van der Waals surface area (Å²) in [6.07, 6.45) is 0. The van der Waals surface area contributed by atoms with Gasteiger partial charge in [-0.3, -0.25) is 0 Å². The van der Waals surface area contributed by atoms with Crippen LogP contribution in [-0.4, -0.2) is 0 Å². The molecule has 0 unspecified atom stereocenters. The van der Waals surface area contributed by atoms with Crippen LogP contribution in [0.2, 0.25) is 0 Å². The molecule has 49 heavy (non-hydrogen) atoms. The molecule has 0 amide bonds. The highest BCUT2D eigenvalue weighted by Gasteiger charge is 2.25. The molecule has 11 aromatic rings. The van der Waals surface area contributed by atoms with Crippen LogP contribution in [0.3, 0.4) is 0 Å². The van der Waals surface area contributed by atoms with Crippen LogP contribution in [0.15, 0.2) is 167 Å². The van der Waals surface area contributed by atoms with Gasteiger partial charge in [0.25, 0.3) is 0 Å². The van der Waals surface area contributed by atoms with Crippen molar-refractivity contribution in [3.63, 3.8) is 0 Å². The van der Waals surface area contributed by atoms with Crippen molar-refractivity contribution in [1.29, 1.82) is 0 Å². The number of benzene rings is 8. The van der Waals surface area contributed by atoms with Gasteiger partial charge < -0.3 is 8.83 Å². The van der Waals surface area contributed by atoms with E-state index in [-0.39, 0.29) is 0 Å². The summed E-state index contributed by atoms with van der Waals surface area (Å²) in [6.45, 7) is 0. The fourth-order valence-electron chi connectivity index (χ4n) is 8.06. The number of thiophene rings is 1. The molecule has 0 aliphatic rings. The van der Waals surface area contributed by atoms with Crippen LogP contribution >= 0.6 is 11.3 Å². The summed E-state index contributed by atoms with van der Waals surface area (Å²) in [5, 5.41) is 10.8. The number of rotatable bonds is 3. The minimum absolute atomic E-state index is 0.812. The van der Waals surface area contributed by atoms with Crippen molar-refractivity contribution in [2.75, 3.05) is 0 Å². The predicted molar refractivity (Wildman–Crippen MR) is 208 cm³/mol. The summed E-state index contributed by atoms with van der Waals surface area (Å²) < 4.78 is 15.9. The van der Waals surface area contributed by atoms with Gasteiger partial charge in [-0.25, -0.2) is 0 Å². The summed E-state index contributed by atoms with van der Waals surface area (Å²) in [5.74, 6) is 0.843. The zero-order chi connectivity index (χ0) is 32.1. The smallest absolute Gasteiger partial charge is 0.139 e. The van der Waals surface area contributed by atoms with Crippen molar-refractivity contribution in [3.8, 4) is 33.6 Å². The maximum absolute atomic E-state index is 6.66. The highest BCUT2D eigenvalue weighted by Crippen LogP contribution is 2.52. The lowest BCUT2D eigenvalue weighted by Gasteiger charge is -2.19. The van der Waals surface area contributed by atoms with E-state index < -0.39 is 0 Å². The first-order valence-electron chi connectivity index (χ1n) is 16.6. The van der Waals surface area contributed by atoms with Crippen molar-refractivity contribution >= 4 is 86.0 Å². The zero-order valence-corrected chi connectivity index (χ0v) is 27.1. The normalized spacial score (nSPS) is 12.1. The third-order valence-electron chi connectivity index (χ3n) is 10.1. The average molecular weight is 643 g/mol. The molecule has 228 valence electrons. The van der Waals surface area contributed by atoms with Gasteiger partial charge in [-0.2, -0.15) is 0 Å². The third-order valence-corrected chi connectivity index (χ3v) is 11.2. The van der Waals surface area contributed by atoms with Gasteiger partial charge in [-0.15, -0.1) is 11.3 Å². The van der Waals surface area contributed by atoms with Crippen LogP contribution in [0.1, 0.15) is 0 Å². The lowest BCUT2D eigenvalue weighted by atomic mass is 9.83. The molecule has 0 aliphatic carbocycles. The Kier molecular flexibility index (Phi) is 5.57. The number of furan rings is 2. The Morgan fingerprint density at radius 3 is 1.71 bits per heavy atom. The third kappa shape index (κ3) is 3.82. The molecule has 3 heteroatoms. The molecule has 0 fully saturated rings. The highest BCUT2D eigenvalue weighted by molar-refractivity contribution is 7.25. The van der Waals surface area contributed by atoms with E-state index >= 15 is 0 Å². The first-order valence-corrected chi connectivity index (χ1v) is 17.4. The van der Waals surface area contributed by atoms with Gasteiger partial charge >= 0.3 is 0 Å². The minimum Gasteiger partial charge on any atom is -0.456 e. The molecule has 0 saturated carbocycles. The van der Waals surface area contributed by atoms with Gasteiger partial charge in [0.2, 0.25) is 0 Å². The van der Waals surface area contributed by atoms with Crippen molar-refractivity contribution in [2.45, 2.75) is 0 Å². The molecule has 2 nitrogen and oxygen atoms in total. The molecule has 0 aliphatic heterocycles. The van der Waals surface area contributed by atoms with Crippen molar-refractivity contribution in [2.24, 2.45) is 0 Å². The van der Waals surface area contributed by atoms with Gasteiger partial charge in [0.1, 0.15) is 22.5 Å². The van der Waals surface area contributed by atoms with Crippen LogP contribution in [0.5, 0.6) is 0 Å². The number of fused-ring (bicyclic) bond motifs is 9. The predicted octanol–water partition coefficient (Wildman–Crippen LogP) is 14.0. The Bertz CT molecular complexity index is 3050. The van der Waals surface area contributed by atoms with Gasteiger partial charge in [0.15, 0.2) is 0 Å². The molecule has 8 aromatic carbocycles. The Hall–Kier alpha value is -6.16. The van der Waals surface area contributed by atoms with E-state index in [0.29, 0.717) is 0 Å². The Labute approximate surface area is 285 Å². The SMILES string of the molecule is c1ccc(-c2cc3c(-c4c5ccccc5c(-c5cccc6sc7ccccc7c56)c5ccccc45)c4c(cc3o2)oc2ccccc24)cc1. The summed E-state index contributed by atoms with van der Waals surface area (Å²) in [4.78, 5) is 0. The average Bonchev–Trinajstić information content (AvgIpc) is 3.87. The molecule has 0 saturated heterocycles. The lowest BCUT2D eigenvalue weighted by Crippen LogP contribution is -1.92. The quantitative estimate of drug-likeness (QED) is 0.179. The molecule has 0 N–H and O–H groups in total. The molecule has 0 spiro atoms. The first-order chi connectivity index (χ1) is 24.3. The fourth-order valence-corrected chi connectivity index (χ4v) is 9.19. The second-order valence-electron chi connectivity index (χ2n) is 12.7. The highest BCUT2D eigenvalue weighted by atomic mass is 32.1. The summed E-state index contributed by atoms with van der Waals surface area (Å²) in [7, 11) is 0. The molecular formula is C46H26O2S. The zero-order valence-electron chi connectivity index (χ0n) is 26.2. The summed E-state index contributed by atoms with van der Waals surface area (Å²) in [5.41, 5.74) is 8.42. The van der Waals surface area contributed by atoms with E-state index in [1.54, 1.807) is 0 Å². The Morgan fingerprint density at radius 1 is 0.347 bits per heavy atom. The second kappa shape index (κ2) is 10.2. The van der Waals surface area contributed by atoms with E-state index in [1.807, 2.05) is 23.5 Å². The second-order valence-corrected chi connectivity index (χ2v) is 13.8. The van der Waals surface area contributed by atoms with E-state index in [2.05, 4.69) is 146 Å². The molecule has 0 atom stereocenters. The largest absolute Gasteiger partial charge is 0.456 e. The number of hydrogen-bond acceptors (Lipinski definition) is 3. The molecule has 11 rings (SSSR count). The Balaban J connectivity index is 1.34. The van der Waals surface area contributed by atoms with E-state index in [1.165, 1.54) is 58.4 Å². The summed E-state index contributed by atoms with van der Waals surface area (Å²) in [6, 6.07) is 56.4. The van der Waals surface area contributed by atoms with E-state index in [0.717, 1.165) is 49.8 Å². The Morgan fingerprint density at radius 2 is 0.959 bits per heavy atom. The molecular weight excluding hydrogens is 617 g/mol. The van der Waals surface area contributed by atoms with Gasteiger partial charge in [0.05, 0.1) is 0 Å². The summed E-state index contributed by atoms with van der Waals surface area (Å²) >= 11 is 1.87. The van der Waals surface area contributed by atoms with E-state index in [9.17, 15) is 0 Å². The number of para-hydroxylation sites is 1. The first kappa shape index (κ1) is 26.9. The van der Waals surface area contributed by atoms with Crippen molar-refractivity contribution < 1.29 is 8.83 Å². The maximum atomic E-state index is 6.66. The van der Waals surface area contributed by atoms with Crippen LogP contribution < -0.4 is 0 Å². The van der Waals surface area contributed by atoms with Crippen LogP contribution in [0.25, 0.3) is 108 Å². The molecule has 3 heterocycles. The van der Waals surface area contributed by atoms with E-state index in [4.69, 9.17) is 8.83 Å². The van der Waals surface area contributed by atoms with Crippen LogP contribution in [0.4, 0.5) is 0 Å².